The van der Waals surface area contributed by atoms with Gasteiger partial charge in [-0.25, -0.2) is 8.42 Å². The van der Waals surface area contributed by atoms with Crippen LogP contribution in [0.1, 0.15) is 12.7 Å². The second-order valence-corrected chi connectivity index (χ2v) is 6.22. The summed E-state index contributed by atoms with van der Waals surface area (Å²) in [5.41, 5.74) is 0.444. The molecule has 0 aliphatic heterocycles. The molecule has 10 heteroatoms. The van der Waals surface area contributed by atoms with Crippen LogP contribution >= 0.6 is 0 Å². The molecule has 1 aromatic carbocycles. The third-order valence-electron chi connectivity index (χ3n) is 2.75. The standard InChI is InChI=1S/C12H12N4O5S/c1-8-13-12(16(18)19)7-15(8)22(20,21)11-5-3-10(4-6-11)14-9(2)17/h3-7H,1-2H3,(H,14,17). The van der Waals surface area contributed by atoms with Crippen LogP contribution < -0.4 is 5.32 Å². The third kappa shape index (κ3) is 2.96. The molecule has 1 N–H and O–H groups in total. The molecule has 0 unspecified atom stereocenters. The van der Waals surface area contributed by atoms with Gasteiger partial charge in [-0.3, -0.25) is 4.79 Å². The van der Waals surface area contributed by atoms with Crippen LogP contribution in [0.5, 0.6) is 0 Å². The number of hydrogen-bond donors (Lipinski definition) is 1. The first-order chi connectivity index (χ1) is 10.2. The zero-order valence-electron chi connectivity index (χ0n) is 11.7. The van der Waals surface area contributed by atoms with Gasteiger partial charge in [-0.1, -0.05) is 0 Å². The van der Waals surface area contributed by atoms with E-state index < -0.39 is 20.8 Å². The number of anilines is 1. The van der Waals surface area contributed by atoms with Gasteiger partial charge in [0, 0.05) is 19.5 Å². The quantitative estimate of drug-likeness (QED) is 0.667. The Kier molecular flexibility index (Phi) is 3.95. The Labute approximate surface area is 125 Å². The maximum atomic E-state index is 12.4. The van der Waals surface area contributed by atoms with E-state index in [1.165, 1.54) is 38.1 Å². The lowest BCUT2D eigenvalue weighted by Gasteiger charge is -2.06. The Balaban J connectivity index is 2.42. The summed E-state index contributed by atoms with van der Waals surface area (Å²) in [6.45, 7) is 2.69. The molecule has 0 fully saturated rings. The summed E-state index contributed by atoms with van der Waals surface area (Å²) in [6.07, 6.45) is 0.854. The van der Waals surface area contributed by atoms with E-state index in [2.05, 4.69) is 10.3 Å². The zero-order chi connectivity index (χ0) is 16.5. The van der Waals surface area contributed by atoms with E-state index in [4.69, 9.17) is 0 Å². The zero-order valence-corrected chi connectivity index (χ0v) is 12.5. The summed E-state index contributed by atoms with van der Waals surface area (Å²) in [5.74, 6) is -0.842. The van der Waals surface area contributed by atoms with Crippen molar-refractivity contribution < 1.29 is 18.1 Å². The monoisotopic (exact) mass is 324 g/mol. The van der Waals surface area contributed by atoms with Crippen molar-refractivity contribution in [3.8, 4) is 0 Å². The van der Waals surface area contributed by atoms with Crippen LogP contribution in [0, 0.1) is 17.0 Å². The fourth-order valence-corrected chi connectivity index (χ4v) is 3.13. The Morgan fingerprint density at radius 3 is 2.36 bits per heavy atom. The molecule has 0 spiro atoms. The molecular formula is C12H12N4O5S. The first-order valence-corrected chi connectivity index (χ1v) is 7.49. The van der Waals surface area contributed by atoms with E-state index in [-0.39, 0.29) is 16.6 Å². The minimum atomic E-state index is -3.99. The molecule has 1 heterocycles. The van der Waals surface area contributed by atoms with Crippen LogP contribution in [-0.2, 0) is 14.8 Å². The highest BCUT2D eigenvalue weighted by Gasteiger charge is 2.25. The highest BCUT2D eigenvalue weighted by Crippen LogP contribution is 2.20. The van der Waals surface area contributed by atoms with Crippen molar-refractivity contribution in [2.24, 2.45) is 0 Å². The molecular weight excluding hydrogens is 312 g/mol. The number of aryl methyl sites for hydroxylation is 1. The molecule has 0 bridgehead atoms. The SMILES string of the molecule is CC(=O)Nc1ccc(S(=O)(=O)n2cc([N+](=O)[O-])nc2C)cc1. The molecule has 2 rings (SSSR count). The molecule has 22 heavy (non-hydrogen) atoms. The Morgan fingerprint density at radius 2 is 1.91 bits per heavy atom. The number of aromatic nitrogens is 2. The van der Waals surface area contributed by atoms with E-state index in [0.717, 1.165) is 10.2 Å². The average Bonchev–Trinajstić information content (AvgIpc) is 2.82. The first kappa shape index (κ1) is 15.6. The Hall–Kier alpha value is -2.75. The second kappa shape index (κ2) is 5.56. The largest absolute Gasteiger partial charge is 0.383 e. The highest BCUT2D eigenvalue weighted by atomic mass is 32.2. The van der Waals surface area contributed by atoms with Crippen molar-refractivity contribution in [2.75, 3.05) is 5.32 Å². The number of imidazole rings is 1. The van der Waals surface area contributed by atoms with Gasteiger partial charge in [0.05, 0.1) is 4.90 Å². The van der Waals surface area contributed by atoms with Gasteiger partial charge in [0.15, 0.2) is 0 Å². The third-order valence-corrected chi connectivity index (χ3v) is 4.50. The number of amides is 1. The summed E-state index contributed by atoms with van der Waals surface area (Å²) >= 11 is 0. The van der Waals surface area contributed by atoms with Crippen LogP contribution in [0.25, 0.3) is 0 Å². The van der Waals surface area contributed by atoms with Crippen LogP contribution in [0.3, 0.4) is 0 Å². The lowest BCUT2D eigenvalue weighted by atomic mass is 10.3. The Bertz CT molecular complexity index is 839. The van der Waals surface area contributed by atoms with Gasteiger partial charge < -0.3 is 15.4 Å². The summed E-state index contributed by atoms with van der Waals surface area (Å²) in [6, 6.07) is 5.45. The van der Waals surface area contributed by atoms with Crippen LogP contribution in [0.2, 0.25) is 0 Å². The van der Waals surface area contributed by atoms with Gasteiger partial charge in [-0.15, -0.1) is 0 Å². The van der Waals surface area contributed by atoms with E-state index in [9.17, 15) is 23.3 Å². The fourth-order valence-electron chi connectivity index (χ4n) is 1.80. The number of nitrogens with one attached hydrogen (secondary N) is 1. The molecule has 1 aromatic heterocycles. The Morgan fingerprint density at radius 1 is 1.32 bits per heavy atom. The van der Waals surface area contributed by atoms with Gasteiger partial charge >= 0.3 is 5.82 Å². The molecule has 0 atom stereocenters. The van der Waals surface area contributed by atoms with E-state index in [1.807, 2.05) is 0 Å². The molecule has 2 aromatic rings. The molecule has 0 saturated carbocycles. The van der Waals surface area contributed by atoms with E-state index in [1.54, 1.807) is 0 Å². The fraction of sp³-hybridized carbons (Fsp3) is 0.167. The molecule has 116 valence electrons. The van der Waals surface area contributed by atoms with Gasteiger partial charge in [-0.2, -0.15) is 3.97 Å². The molecule has 0 saturated heterocycles. The average molecular weight is 324 g/mol. The lowest BCUT2D eigenvalue weighted by Crippen LogP contribution is -2.14. The predicted octanol–water partition coefficient (Wildman–Crippen LogP) is 1.30. The van der Waals surface area contributed by atoms with Crippen LogP contribution in [0.15, 0.2) is 35.4 Å². The minimum Gasteiger partial charge on any atom is -0.358 e. The molecule has 0 radical (unpaired) electrons. The maximum Gasteiger partial charge on any atom is 0.383 e. The normalized spacial score (nSPS) is 11.2. The van der Waals surface area contributed by atoms with Gasteiger partial charge in [-0.05, 0) is 34.2 Å². The summed E-state index contributed by atoms with van der Waals surface area (Å²) in [7, 11) is -3.99. The van der Waals surface area contributed by atoms with Gasteiger partial charge in [0.1, 0.15) is 6.20 Å². The van der Waals surface area contributed by atoms with Crippen molar-refractivity contribution in [3.05, 3.63) is 46.4 Å². The first-order valence-electron chi connectivity index (χ1n) is 6.05. The van der Waals surface area contributed by atoms with Crippen molar-refractivity contribution >= 4 is 27.4 Å². The van der Waals surface area contributed by atoms with Crippen molar-refractivity contribution in [1.29, 1.82) is 0 Å². The maximum absolute atomic E-state index is 12.4. The highest BCUT2D eigenvalue weighted by molar-refractivity contribution is 7.90. The smallest absolute Gasteiger partial charge is 0.358 e. The molecule has 0 aliphatic carbocycles. The van der Waals surface area contributed by atoms with E-state index in [0.29, 0.717) is 5.69 Å². The summed E-state index contributed by atoms with van der Waals surface area (Å²) in [4.78, 5) is 24.3. The summed E-state index contributed by atoms with van der Waals surface area (Å²) in [5, 5.41) is 13.2. The number of hydrogen-bond acceptors (Lipinski definition) is 6. The number of carbonyl (C=O) groups is 1. The molecule has 1 amide bonds. The number of benzene rings is 1. The molecule has 9 nitrogen and oxygen atoms in total. The topological polar surface area (TPSA) is 124 Å². The van der Waals surface area contributed by atoms with Crippen molar-refractivity contribution in [3.63, 3.8) is 0 Å². The number of nitrogens with zero attached hydrogens (tertiary/aromatic N) is 3. The van der Waals surface area contributed by atoms with Crippen molar-refractivity contribution in [2.45, 2.75) is 18.7 Å². The lowest BCUT2D eigenvalue weighted by molar-refractivity contribution is -0.389. The predicted molar refractivity (Wildman–Crippen MR) is 76.9 cm³/mol. The van der Waals surface area contributed by atoms with Crippen molar-refractivity contribution in [1.82, 2.24) is 8.96 Å². The van der Waals surface area contributed by atoms with E-state index >= 15 is 0 Å². The minimum absolute atomic E-state index is 0.0161. The molecule has 0 aliphatic rings. The second-order valence-electron chi connectivity index (χ2n) is 4.41. The number of rotatable bonds is 4. The van der Waals surface area contributed by atoms with Gasteiger partial charge in [0.25, 0.3) is 10.0 Å². The van der Waals surface area contributed by atoms with Crippen LogP contribution in [-0.4, -0.2) is 28.2 Å². The van der Waals surface area contributed by atoms with Gasteiger partial charge in [0.2, 0.25) is 11.7 Å². The van der Waals surface area contributed by atoms with Crippen LogP contribution in [0.4, 0.5) is 11.5 Å². The summed E-state index contributed by atoms with van der Waals surface area (Å²) < 4.78 is 25.6. The number of nitro groups is 1. The number of carbonyl (C=O) groups excluding carboxylic acids is 1.